The van der Waals surface area contributed by atoms with E-state index in [-0.39, 0.29) is 29.0 Å². The van der Waals surface area contributed by atoms with Crippen LogP contribution in [0.4, 0.5) is 15.8 Å². The Balaban J connectivity index is 1.65. The Hall–Kier alpha value is -2.43. The maximum absolute atomic E-state index is 13.4. The molecule has 7 nitrogen and oxygen atoms in total. The van der Waals surface area contributed by atoms with Crippen LogP contribution in [0.1, 0.15) is 19.8 Å². The van der Waals surface area contributed by atoms with E-state index in [4.69, 9.17) is 0 Å². The van der Waals surface area contributed by atoms with E-state index >= 15 is 0 Å². The zero-order valence-corrected chi connectivity index (χ0v) is 19.2. The number of rotatable bonds is 5. The third kappa shape index (κ3) is 4.67. The topological polar surface area (TPSA) is 86.8 Å². The summed E-state index contributed by atoms with van der Waals surface area (Å²) in [5, 5.41) is 2.60. The van der Waals surface area contributed by atoms with E-state index < -0.39 is 21.7 Å². The second-order valence-corrected chi connectivity index (χ2v) is 10.9. The highest BCUT2D eigenvalue weighted by Crippen LogP contribution is 2.38. The van der Waals surface area contributed by atoms with Gasteiger partial charge >= 0.3 is 0 Å². The van der Waals surface area contributed by atoms with E-state index in [1.165, 1.54) is 45.2 Å². The summed E-state index contributed by atoms with van der Waals surface area (Å²) in [7, 11) is -3.68. The summed E-state index contributed by atoms with van der Waals surface area (Å²) in [4.78, 5) is 28.0. The smallest absolute Gasteiger partial charge is 0.244 e. The van der Waals surface area contributed by atoms with Crippen molar-refractivity contribution >= 4 is 45.0 Å². The molecule has 1 atom stereocenters. The average molecular weight is 478 g/mol. The molecule has 2 aliphatic heterocycles. The molecule has 32 heavy (non-hydrogen) atoms. The van der Waals surface area contributed by atoms with E-state index in [0.29, 0.717) is 24.5 Å². The number of nitrogens with one attached hydrogen (secondary N) is 1. The van der Waals surface area contributed by atoms with Crippen molar-refractivity contribution < 1.29 is 22.4 Å². The number of thioether (sulfide) groups is 1. The number of carbonyl (C=O) groups is 2. The Bertz CT molecular complexity index is 1150. The molecule has 0 unspecified atom stereocenters. The maximum atomic E-state index is 13.4. The number of nitrogens with zero attached hydrogens (tertiary/aromatic N) is 2. The fraction of sp³-hybridized carbons (Fsp3) is 0.364. The van der Waals surface area contributed by atoms with Crippen molar-refractivity contribution in [2.45, 2.75) is 29.6 Å². The van der Waals surface area contributed by atoms with Gasteiger partial charge < -0.3 is 10.2 Å². The van der Waals surface area contributed by atoms with E-state index in [1.54, 1.807) is 25.1 Å². The minimum absolute atomic E-state index is 0.108. The first-order valence-electron chi connectivity index (χ1n) is 10.4. The van der Waals surface area contributed by atoms with Gasteiger partial charge in [0.2, 0.25) is 21.8 Å². The number of hydrogen-bond acceptors (Lipinski definition) is 5. The molecular formula is C22H24FN3O4S2. The normalized spacial score (nSPS) is 19.5. The van der Waals surface area contributed by atoms with Gasteiger partial charge in [0, 0.05) is 35.3 Å². The summed E-state index contributed by atoms with van der Waals surface area (Å²) in [6.45, 7) is 2.43. The molecule has 2 aliphatic rings. The first kappa shape index (κ1) is 22.8. The van der Waals surface area contributed by atoms with Gasteiger partial charge in [0.1, 0.15) is 12.4 Å². The second kappa shape index (κ2) is 9.21. The van der Waals surface area contributed by atoms with Crippen LogP contribution in [0.5, 0.6) is 0 Å². The quantitative estimate of drug-likeness (QED) is 0.714. The molecule has 2 amide bonds. The Morgan fingerprint density at radius 3 is 2.66 bits per heavy atom. The molecular weight excluding hydrogens is 453 g/mol. The highest BCUT2D eigenvalue weighted by Gasteiger charge is 2.33. The van der Waals surface area contributed by atoms with Crippen LogP contribution in [0.2, 0.25) is 0 Å². The summed E-state index contributed by atoms with van der Waals surface area (Å²) in [5.74, 6) is -1.08. The molecule has 170 valence electrons. The molecule has 10 heteroatoms. The third-order valence-electron chi connectivity index (χ3n) is 5.51. The molecule has 0 aliphatic carbocycles. The van der Waals surface area contributed by atoms with Gasteiger partial charge in [-0.1, -0.05) is 13.0 Å². The molecule has 4 rings (SSSR count). The lowest BCUT2D eigenvalue weighted by Gasteiger charge is -2.25. The standard InChI is InChI=1S/C22H24FN3O4S2/c1-15-14-31-20-8-7-18(32(29,30)25-9-2-3-10-25)12-19(20)26(22(15)28)13-21(27)24-17-6-4-5-16(23)11-17/h4-8,11-12,15H,2-3,9-10,13-14H2,1H3,(H,24,27)/t15-/m1/s1. The van der Waals surface area contributed by atoms with Gasteiger partial charge in [-0.25, -0.2) is 12.8 Å². The van der Waals surface area contributed by atoms with E-state index in [0.717, 1.165) is 17.7 Å². The molecule has 1 fully saturated rings. The lowest BCUT2D eigenvalue weighted by atomic mass is 10.1. The van der Waals surface area contributed by atoms with Crippen LogP contribution >= 0.6 is 11.8 Å². The Morgan fingerprint density at radius 2 is 1.94 bits per heavy atom. The van der Waals surface area contributed by atoms with E-state index in [2.05, 4.69) is 5.32 Å². The summed E-state index contributed by atoms with van der Waals surface area (Å²) in [5.41, 5.74) is 0.685. The number of halogens is 1. The van der Waals surface area contributed by atoms with Crippen LogP contribution in [0.3, 0.4) is 0 Å². The highest BCUT2D eigenvalue weighted by molar-refractivity contribution is 7.99. The minimum atomic E-state index is -3.68. The molecule has 1 N–H and O–H groups in total. The van der Waals surface area contributed by atoms with Gasteiger partial charge in [-0.3, -0.25) is 9.59 Å². The Labute approximate surface area is 191 Å². The zero-order chi connectivity index (χ0) is 22.9. The van der Waals surface area contributed by atoms with Gasteiger partial charge in [0.15, 0.2) is 0 Å². The SMILES string of the molecule is C[C@@H]1CSc2ccc(S(=O)(=O)N3CCCC3)cc2N(CC(=O)Nc2cccc(F)c2)C1=O. The molecule has 0 bridgehead atoms. The van der Waals surface area contributed by atoms with Crippen molar-refractivity contribution in [3.63, 3.8) is 0 Å². The minimum Gasteiger partial charge on any atom is -0.324 e. The predicted octanol–water partition coefficient (Wildman–Crippen LogP) is 3.32. The summed E-state index contributed by atoms with van der Waals surface area (Å²) >= 11 is 1.46. The molecule has 0 aromatic heterocycles. The van der Waals surface area contributed by atoms with Crippen molar-refractivity contribution in [3.05, 3.63) is 48.3 Å². The molecule has 2 aromatic carbocycles. The average Bonchev–Trinajstić information content (AvgIpc) is 3.28. The fourth-order valence-corrected chi connectivity index (χ4v) is 6.40. The van der Waals surface area contributed by atoms with Crippen LogP contribution in [0.25, 0.3) is 0 Å². The number of sulfonamides is 1. The molecule has 1 saturated heterocycles. The van der Waals surface area contributed by atoms with Crippen molar-refractivity contribution in [1.29, 1.82) is 0 Å². The van der Waals surface area contributed by atoms with Gasteiger partial charge in [-0.15, -0.1) is 11.8 Å². The van der Waals surface area contributed by atoms with Crippen LogP contribution < -0.4 is 10.2 Å². The lowest BCUT2D eigenvalue weighted by molar-refractivity contribution is -0.123. The highest BCUT2D eigenvalue weighted by atomic mass is 32.2. The number of anilines is 2. The molecule has 0 radical (unpaired) electrons. The first-order chi connectivity index (χ1) is 15.3. The number of amides is 2. The lowest BCUT2D eigenvalue weighted by Crippen LogP contribution is -2.41. The summed E-state index contributed by atoms with van der Waals surface area (Å²) in [6, 6.07) is 10.2. The van der Waals surface area contributed by atoms with Crippen molar-refractivity contribution in [2.75, 3.05) is 35.6 Å². The monoisotopic (exact) mass is 477 g/mol. The predicted molar refractivity (Wildman–Crippen MR) is 122 cm³/mol. The fourth-order valence-electron chi connectivity index (χ4n) is 3.81. The summed E-state index contributed by atoms with van der Waals surface area (Å²) < 4.78 is 41.0. The third-order valence-corrected chi connectivity index (χ3v) is 8.73. The molecule has 2 aromatic rings. The van der Waals surface area contributed by atoms with Crippen molar-refractivity contribution in [2.24, 2.45) is 5.92 Å². The maximum Gasteiger partial charge on any atom is 0.244 e. The van der Waals surface area contributed by atoms with Gasteiger partial charge in [0.25, 0.3) is 0 Å². The van der Waals surface area contributed by atoms with Crippen LogP contribution in [0, 0.1) is 11.7 Å². The van der Waals surface area contributed by atoms with Crippen molar-refractivity contribution in [3.8, 4) is 0 Å². The molecule has 2 heterocycles. The second-order valence-electron chi connectivity index (χ2n) is 7.94. The number of benzene rings is 2. The zero-order valence-electron chi connectivity index (χ0n) is 17.6. The van der Waals surface area contributed by atoms with Crippen LogP contribution in [-0.2, 0) is 19.6 Å². The number of carbonyl (C=O) groups excluding carboxylic acids is 2. The number of fused-ring (bicyclic) bond motifs is 1. The Morgan fingerprint density at radius 1 is 1.19 bits per heavy atom. The Kier molecular flexibility index (Phi) is 6.55. The first-order valence-corrected chi connectivity index (χ1v) is 12.8. The van der Waals surface area contributed by atoms with Crippen LogP contribution in [0.15, 0.2) is 52.3 Å². The van der Waals surface area contributed by atoms with E-state index in [9.17, 15) is 22.4 Å². The van der Waals surface area contributed by atoms with Crippen molar-refractivity contribution in [1.82, 2.24) is 4.31 Å². The van der Waals surface area contributed by atoms with Gasteiger partial charge in [-0.2, -0.15) is 4.31 Å². The molecule has 0 spiro atoms. The van der Waals surface area contributed by atoms with Gasteiger partial charge in [-0.05, 0) is 49.2 Å². The number of hydrogen-bond donors (Lipinski definition) is 1. The molecule has 0 saturated carbocycles. The van der Waals surface area contributed by atoms with E-state index in [1.807, 2.05) is 0 Å². The largest absolute Gasteiger partial charge is 0.324 e. The van der Waals surface area contributed by atoms with Gasteiger partial charge in [0.05, 0.1) is 10.6 Å². The summed E-state index contributed by atoms with van der Waals surface area (Å²) in [6.07, 6.45) is 1.64. The van der Waals surface area contributed by atoms with Crippen LogP contribution in [-0.4, -0.2) is 49.9 Å².